The van der Waals surface area contributed by atoms with Gasteiger partial charge in [0.25, 0.3) is 13.4 Å². The molecule has 0 saturated carbocycles. The van der Waals surface area contributed by atoms with E-state index in [0.717, 1.165) is 89.0 Å². The molecule has 9 aromatic rings. The molecule has 0 amide bonds. The van der Waals surface area contributed by atoms with E-state index in [4.69, 9.17) is 4.74 Å². The largest absolute Gasteiger partial charge is 0.458 e. The van der Waals surface area contributed by atoms with Crippen molar-refractivity contribution in [3.8, 4) is 22.6 Å². The zero-order valence-corrected chi connectivity index (χ0v) is 41.5. The van der Waals surface area contributed by atoms with Crippen molar-refractivity contribution in [2.24, 2.45) is 0 Å². The van der Waals surface area contributed by atoms with Crippen LogP contribution < -0.4 is 62.0 Å². The lowest BCUT2D eigenvalue weighted by Gasteiger charge is -2.50. The van der Waals surface area contributed by atoms with Crippen LogP contribution in [0.3, 0.4) is 0 Å². The molecule has 8 heterocycles. The van der Waals surface area contributed by atoms with Crippen molar-refractivity contribution >= 4 is 109 Å². The van der Waals surface area contributed by atoms with Gasteiger partial charge in [0.05, 0.1) is 11.4 Å². The third kappa shape index (κ3) is 5.58. The molecule has 0 atom stereocenters. The first-order chi connectivity index (χ1) is 36.8. The standard InChI is InChI=1S/C66H53B2N5O/c1-4-20-42(21-5-1)45-26-10-13-33-54(45)73-57-41-56-52(40-53(57)68-51-32-12-15-35-58(51)74-66-49-30-19-39-70-38-18-29-48(62(49)70)65(73)60(66)68)67-50-31-11-14-34-55(50)71(43-22-6-2-7-23-43)63-46-27-16-36-69-37-17-28-47(61(46)69)64(59(63)67)72(56)44-24-8-3-9-25-44/h1-15,20-26,31-35,40-41H,16-19,27-30,36-39H2. The summed E-state index contributed by atoms with van der Waals surface area (Å²) in [6.45, 7) is 4.34. The highest BCUT2D eigenvalue weighted by Gasteiger charge is 2.52. The van der Waals surface area contributed by atoms with Crippen molar-refractivity contribution in [2.45, 2.75) is 51.4 Å². The number of fused-ring (bicyclic) bond motifs is 12. The van der Waals surface area contributed by atoms with Gasteiger partial charge in [-0.15, -0.1) is 0 Å². The molecule has 354 valence electrons. The molecule has 0 aromatic heterocycles. The quantitative estimate of drug-likeness (QED) is 0.163. The molecule has 8 aliphatic rings. The molecular formula is C66H53B2N5O. The maximum Gasteiger partial charge on any atom is 0.256 e. The molecule has 0 spiro atoms. The van der Waals surface area contributed by atoms with Crippen LogP contribution >= 0.6 is 0 Å². The molecule has 6 nitrogen and oxygen atoms in total. The second-order valence-corrected chi connectivity index (χ2v) is 21.8. The van der Waals surface area contributed by atoms with E-state index in [1.807, 2.05) is 0 Å². The zero-order valence-electron chi connectivity index (χ0n) is 41.5. The van der Waals surface area contributed by atoms with Crippen molar-refractivity contribution in [2.75, 3.05) is 50.7 Å². The molecule has 74 heavy (non-hydrogen) atoms. The van der Waals surface area contributed by atoms with Gasteiger partial charge >= 0.3 is 0 Å². The molecule has 8 aliphatic heterocycles. The maximum absolute atomic E-state index is 7.43. The Kier molecular flexibility index (Phi) is 8.79. The number of anilines is 11. The molecule has 0 fully saturated rings. The van der Waals surface area contributed by atoms with Gasteiger partial charge in [0.2, 0.25) is 0 Å². The van der Waals surface area contributed by atoms with Gasteiger partial charge in [-0.05, 0) is 155 Å². The summed E-state index contributed by atoms with van der Waals surface area (Å²) in [5.74, 6) is 2.08. The lowest BCUT2D eigenvalue weighted by molar-refractivity contribution is 0.475. The van der Waals surface area contributed by atoms with E-state index in [9.17, 15) is 0 Å². The van der Waals surface area contributed by atoms with E-state index in [0.29, 0.717) is 0 Å². The first kappa shape index (κ1) is 41.4. The Hall–Kier alpha value is -8.09. The SMILES string of the molecule is c1ccc(-c2ccccc2N2c3cc4c(cc3B3c5ccccc5Oc5c6c7c(c2c53)CCCN7CCC6)B2c3ccccc3N(c3ccccc3)c3c5c6c(c(c32)N4c2ccccc2)CCCN6CCC5)cc1. The lowest BCUT2D eigenvalue weighted by Crippen LogP contribution is -2.65. The Morgan fingerprint density at radius 3 is 1.47 bits per heavy atom. The summed E-state index contributed by atoms with van der Waals surface area (Å²) in [6, 6.07) is 66.7. The lowest BCUT2D eigenvalue weighted by atomic mass is 9.30. The van der Waals surface area contributed by atoms with E-state index >= 15 is 0 Å². The molecule has 17 rings (SSSR count). The second-order valence-electron chi connectivity index (χ2n) is 21.8. The number of nitrogens with zero attached hydrogens (tertiary/aromatic N) is 5. The van der Waals surface area contributed by atoms with Crippen LogP contribution in [0.1, 0.15) is 47.9 Å². The summed E-state index contributed by atoms with van der Waals surface area (Å²) >= 11 is 0. The molecule has 0 unspecified atom stereocenters. The predicted molar refractivity (Wildman–Crippen MR) is 309 cm³/mol. The number of hydrogen-bond acceptors (Lipinski definition) is 6. The summed E-state index contributed by atoms with van der Waals surface area (Å²) in [6.07, 6.45) is 8.78. The molecule has 0 aliphatic carbocycles. The summed E-state index contributed by atoms with van der Waals surface area (Å²) in [5, 5.41) is 0. The van der Waals surface area contributed by atoms with Crippen LogP contribution in [0.2, 0.25) is 0 Å². The Labute approximate surface area is 434 Å². The number of benzene rings is 9. The maximum atomic E-state index is 7.43. The zero-order chi connectivity index (χ0) is 48.2. The monoisotopic (exact) mass is 953 g/mol. The van der Waals surface area contributed by atoms with Gasteiger partial charge in [0, 0.05) is 88.5 Å². The summed E-state index contributed by atoms with van der Waals surface area (Å²) in [4.78, 5) is 13.6. The average molecular weight is 954 g/mol. The van der Waals surface area contributed by atoms with Crippen molar-refractivity contribution in [1.82, 2.24) is 0 Å². The third-order valence-electron chi connectivity index (χ3n) is 18.1. The topological polar surface area (TPSA) is 25.4 Å². The minimum Gasteiger partial charge on any atom is -0.458 e. The number of ether oxygens (including phenoxy) is 1. The highest BCUT2D eigenvalue weighted by atomic mass is 16.5. The van der Waals surface area contributed by atoms with Crippen LogP contribution in [0.25, 0.3) is 11.1 Å². The van der Waals surface area contributed by atoms with Crippen molar-refractivity contribution in [1.29, 1.82) is 0 Å². The second kappa shape index (κ2) is 15.7. The van der Waals surface area contributed by atoms with Gasteiger partial charge in [0.1, 0.15) is 11.5 Å². The van der Waals surface area contributed by atoms with Crippen molar-refractivity contribution in [3.05, 3.63) is 198 Å². The molecule has 0 saturated heterocycles. The molecule has 8 heteroatoms. The minimum atomic E-state index is -0.0341. The fourth-order valence-corrected chi connectivity index (χ4v) is 15.4. The molecular weight excluding hydrogens is 900 g/mol. The Balaban J connectivity index is 1.04. The predicted octanol–water partition coefficient (Wildman–Crippen LogP) is 11.2. The minimum absolute atomic E-state index is 0.00506. The summed E-state index contributed by atoms with van der Waals surface area (Å²) < 4.78 is 7.43. The third-order valence-corrected chi connectivity index (χ3v) is 18.1. The van der Waals surface area contributed by atoms with E-state index in [-0.39, 0.29) is 13.4 Å². The van der Waals surface area contributed by atoms with Crippen LogP contribution in [-0.4, -0.2) is 39.6 Å². The van der Waals surface area contributed by atoms with Crippen molar-refractivity contribution < 1.29 is 4.74 Å². The van der Waals surface area contributed by atoms with Gasteiger partial charge < -0.3 is 29.2 Å². The molecule has 9 aromatic carbocycles. The number of para-hydroxylation sites is 5. The van der Waals surface area contributed by atoms with E-state index in [1.54, 1.807) is 0 Å². The van der Waals surface area contributed by atoms with Gasteiger partial charge in [-0.2, -0.15) is 0 Å². The molecule has 0 radical (unpaired) electrons. The van der Waals surface area contributed by atoms with Gasteiger partial charge in [-0.3, -0.25) is 0 Å². The Morgan fingerprint density at radius 1 is 0.351 bits per heavy atom. The van der Waals surface area contributed by atoms with Crippen LogP contribution in [0.15, 0.2) is 176 Å². The van der Waals surface area contributed by atoms with E-state index in [1.165, 1.54) is 129 Å². The fraction of sp³-hybridized carbons (Fsp3) is 0.182. The molecule has 0 N–H and O–H groups in total. The smallest absolute Gasteiger partial charge is 0.256 e. The fourth-order valence-electron chi connectivity index (χ4n) is 15.4. The summed E-state index contributed by atoms with van der Waals surface area (Å²) in [5.41, 5.74) is 31.0. The van der Waals surface area contributed by atoms with E-state index in [2.05, 4.69) is 200 Å². The van der Waals surface area contributed by atoms with Crippen LogP contribution in [-0.2, 0) is 25.7 Å². The average Bonchev–Trinajstić information content (AvgIpc) is 3.58. The van der Waals surface area contributed by atoms with Gasteiger partial charge in [0.15, 0.2) is 0 Å². The Morgan fingerprint density at radius 2 is 0.824 bits per heavy atom. The summed E-state index contributed by atoms with van der Waals surface area (Å²) in [7, 11) is 0. The normalized spacial score (nSPS) is 16.7. The number of hydrogen-bond donors (Lipinski definition) is 0. The van der Waals surface area contributed by atoms with Crippen LogP contribution in [0, 0.1) is 0 Å². The molecule has 0 bridgehead atoms. The first-order valence-electron chi connectivity index (χ1n) is 27.4. The van der Waals surface area contributed by atoms with E-state index < -0.39 is 0 Å². The highest BCUT2D eigenvalue weighted by Crippen LogP contribution is 2.56. The van der Waals surface area contributed by atoms with Crippen LogP contribution in [0.4, 0.5) is 62.6 Å². The first-order valence-corrected chi connectivity index (χ1v) is 27.4. The van der Waals surface area contributed by atoms with Gasteiger partial charge in [-0.1, -0.05) is 127 Å². The highest BCUT2D eigenvalue weighted by molar-refractivity contribution is 7.02. The van der Waals surface area contributed by atoms with Gasteiger partial charge in [-0.25, -0.2) is 0 Å². The number of rotatable bonds is 4. The van der Waals surface area contributed by atoms with Crippen molar-refractivity contribution in [3.63, 3.8) is 0 Å². The Bertz CT molecular complexity index is 3840. The van der Waals surface area contributed by atoms with Crippen LogP contribution in [0.5, 0.6) is 11.5 Å².